The summed E-state index contributed by atoms with van der Waals surface area (Å²) >= 11 is 0. The second-order valence-electron chi connectivity index (χ2n) is 3.28. The molecule has 1 aliphatic carbocycles. The standard InChI is InChI=1S/C9H10N4O/c10-5-11-9-12-7-4-2-1-3-6(7)8(14)13-9/h1-4H2,(H2,11,12,13,14). The van der Waals surface area contributed by atoms with E-state index in [1.165, 1.54) is 0 Å². The summed E-state index contributed by atoms with van der Waals surface area (Å²) in [5.74, 6) is 0.248. The van der Waals surface area contributed by atoms with Gasteiger partial charge in [-0.25, -0.2) is 4.98 Å². The molecule has 5 heteroatoms. The van der Waals surface area contributed by atoms with Gasteiger partial charge in [0.25, 0.3) is 5.56 Å². The maximum atomic E-state index is 11.5. The Hall–Kier alpha value is -1.83. The first-order valence-corrected chi connectivity index (χ1v) is 4.58. The fourth-order valence-electron chi connectivity index (χ4n) is 1.72. The first-order valence-electron chi connectivity index (χ1n) is 4.58. The van der Waals surface area contributed by atoms with Crippen LogP contribution >= 0.6 is 0 Å². The fraction of sp³-hybridized carbons (Fsp3) is 0.444. The molecule has 2 rings (SSSR count). The highest BCUT2D eigenvalue weighted by atomic mass is 16.1. The number of hydrogen-bond acceptors (Lipinski definition) is 4. The first-order chi connectivity index (χ1) is 6.81. The Morgan fingerprint density at radius 2 is 2.21 bits per heavy atom. The van der Waals surface area contributed by atoms with Gasteiger partial charge in [-0.3, -0.25) is 15.1 Å². The summed E-state index contributed by atoms with van der Waals surface area (Å²) in [4.78, 5) is 18.2. The van der Waals surface area contributed by atoms with Crippen LogP contribution in [-0.2, 0) is 12.8 Å². The summed E-state index contributed by atoms with van der Waals surface area (Å²) in [6, 6.07) is 0. The predicted octanol–water partition coefficient (Wildman–Crippen LogP) is 0.542. The number of aromatic amines is 1. The van der Waals surface area contributed by atoms with Gasteiger partial charge in [0.15, 0.2) is 6.19 Å². The van der Waals surface area contributed by atoms with Gasteiger partial charge in [0.05, 0.1) is 5.69 Å². The van der Waals surface area contributed by atoms with E-state index in [1.807, 2.05) is 0 Å². The first kappa shape index (κ1) is 8.75. The third kappa shape index (κ3) is 1.46. The monoisotopic (exact) mass is 190 g/mol. The van der Waals surface area contributed by atoms with Crippen LogP contribution in [0.5, 0.6) is 0 Å². The smallest absolute Gasteiger partial charge is 0.255 e. The van der Waals surface area contributed by atoms with Crippen molar-refractivity contribution in [2.24, 2.45) is 0 Å². The molecule has 72 valence electrons. The summed E-state index contributed by atoms with van der Waals surface area (Å²) in [6.45, 7) is 0. The minimum Gasteiger partial charge on any atom is -0.292 e. The van der Waals surface area contributed by atoms with Gasteiger partial charge in [-0.05, 0) is 25.7 Å². The molecule has 5 nitrogen and oxygen atoms in total. The van der Waals surface area contributed by atoms with Gasteiger partial charge in [0.2, 0.25) is 5.95 Å². The number of aromatic nitrogens is 2. The average Bonchev–Trinajstić information content (AvgIpc) is 2.18. The Kier molecular flexibility index (Phi) is 2.19. The van der Waals surface area contributed by atoms with Gasteiger partial charge in [-0.15, -0.1) is 0 Å². The van der Waals surface area contributed by atoms with Crippen LogP contribution < -0.4 is 10.9 Å². The third-order valence-electron chi connectivity index (χ3n) is 2.37. The normalized spacial score (nSPS) is 14.2. The van der Waals surface area contributed by atoms with E-state index >= 15 is 0 Å². The molecule has 0 saturated carbocycles. The molecule has 0 amide bonds. The molecule has 1 aliphatic rings. The van der Waals surface area contributed by atoms with Crippen LogP contribution in [0.2, 0.25) is 0 Å². The van der Waals surface area contributed by atoms with Crippen LogP contribution in [0.4, 0.5) is 5.95 Å². The van der Waals surface area contributed by atoms with Gasteiger partial charge in [-0.2, -0.15) is 5.26 Å². The number of anilines is 1. The lowest BCUT2D eigenvalue weighted by atomic mass is 9.97. The van der Waals surface area contributed by atoms with Crippen LogP contribution in [0.3, 0.4) is 0 Å². The van der Waals surface area contributed by atoms with Crippen LogP contribution in [0, 0.1) is 11.5 Å². The maximum Gasteiger partial charge on any atom is 0.255 e. The Balaban J connectivity index is 2.48. The van der Waals surface area contributed by atoms with E-state index in [4.69, 9.17) is 5.26 Å². The Labute approximate surface area is 80.8 Å². The predicted molar refractivity (Wildman–Crippen MR) is 50.7 cm³/mol. The molecule has 0 aliphatic heterocycles. The summed E-state index contributed by atoms with van der Waals surface area (Å²) in [5, 5.41) is 10.7. The quantitative estimate of drug-likeness (QED) is 0.500. The van der Waals surface area contributed by atoms with Crippen molar-refractivity contribution in [2.45, 2.75) is 25.7 Å². The number of nitriles is 1. The summed E-state index contributed by atoms with van der Waals surface area (Å²) in [7, 11) is 0. The Morgan fingerprint density at radius 3 is 3.00 bits per heavy atom. The zero-order valence-corrected chi connectivity index (χ0v) is 7.63. The lowest BCUT2D eigenvalue weighted by molar-refractivity contribution is 0.658. The van der Waals surface area contributed by atoms with Crippen molar-refractivity contribution in [1.82, 2.24) is 9.97 Å². The molecule has 0 spiro atoms. The highest BCUT2D eigenvalue weighted by Gasteiger charge is 2.14. The maximum absolute atomic E-state index is 11.5. The topological polar surface area (TPSA) is 81.6 Å². The molecular weight excluding hydrogens is 180 g/mol. The van der Waals surface area contributed by atoms with Gasteiger partial charge in [0.1, 0.15) is 0 Å². The van der Waals surface area contributed by atoms with E-state index in [0.29, 0.717) is 0 Å². The number of aryl methyl sites for hydroxylation is 1. The van der Waals surface area contributed by atoms with Gasteiger partial charge < -0.3 is 0 Å². The number of hydrogen-bond donors (Lipinski definition) is 2. The second kappa shape index (κ2) is 3.50. The molecule has 0 aromatic carbocycles. The largest absolute Gasteiger partial charge is 0.292 e. The summed E-state index contributed by atoms with van der Waals surface area (Å²) < 4.78 is 0. The fourth-order valence-corrected chi connectivity index (χ4v) is 1.72. The van der Waals surface area contributed by atoms with Crippen molar-refractivity contribution in [1.29, 1.82) is 5.26 Å². The van der Waals surface area contributed by atoms with Crippen LogP contribution in [-0.4, -0.2) is 9.97 Å². The molecule has 0 radical (unpaired) electrons. The van der Waals surface area contributed by atoms with Gasteiger partial charge in [-0.1, -0.05) is 0 Å². The molecule has 0 bridgehead atoms. The molecule has 2 N–H and O–H groups in total. The Morgan fingerprint density at radius 1 is 1.43 bits per heavy atom. The molecule has 0 atom stereocenters. The van der Waals surface area contributed by atoms with Crippen molar-refractivity contribution >= 4 is 5.95 Å². The Bertz CT molecular complexity index is 443. The van der Waals surface area contributed by atoms with E-state index in [0.717, 1.165) is 36.9 Å². The van der Waals surface area contributed by atoms with E-state index in [9.17, 15) is 4.79 Å². The van der Waals surface area contributed by atoms with Crippen molar-refractivity contribution in [3.05, 3.63) is 21.6 Å². The number of nitrogens with one attached hydrogen (secondary N) is 2. The SMILES string of the molecule is N#CNc1nc2c(c(=O)[nH]1)CCCC2. The molecule has 0 fully saturated rings. The highest BCUT2D eigenvalue weighted by molar-refractivity contribution is 5.34. The van der Waals surface area contributed by atoms with Crippen molar-refractivity contribution in [2.75, 3.05) is 5.32 Å². The zero-order valence-electron chi connectivity index (χ0n) is 7.63. The molecule has 14 heavy (non-hydrogen) atoms. The van der Waals surface area contributed by atoms with E-state index < -0.39 is 0 Å². The lowest BCUT2D eigenvalue weighted by Gasteiger charge is -2.13. The molecular formula is C9H10N4O. The van der Waals surface area contributed by atoms with Crippen LogP contribution in [0.1, 0.15) is 24.1 Å². The third-order valence-corrected chi connectivity index (χ3v) is 2.37. The molecule has 1 aromatic rings. The number of fused-ring (bicyclic) bond motifs is 1. The molecule has 0 unspecified atom stereocenters. The minimum atomic E-state index is -0.118. The van der Waals surface area contributed by atoms with Crippen LogP contribution in [0.25, 0.3) is 0 Å². The summed E-state index contributed by atoms with van der Waals surface area (Å²) in [6.07, 6.45) is 5.47. The molecule has 1 heterocycles. The molecule has 0 saturated heterocycles. The number of rotatable bonds is 1. The minimum absolute atomic E-state index is 0.118. The lowest BCUT2D eigenvalue weighted by Crippen LogP contribution is -2.22. The highest BCUT2D eigenvalue weighted by Crippen LogP contribution is 2.16. The summed E-state index contributed by atoms with van der Waals surface area (Å²) in [5.41, 5.74) is 1.49. The number of nitrogens with zero attached hydrogens (tertiary/aromatic N) is 2. The van der Waals surface area contributed by atoms with Crippen molar-refractivity contribution in [3.63, 3.8) is 0 Å². The average molecular weight is 190 g/mol. The number of H-pyrrole nitrogens is 1. The van der Waals surface area contributed by atoms with Gasteiger partial charge in [0, 0.05) is 5.56 Å². The zero-order chi connectivity index (χ0) is 9.97. The van der Waals surface area contributed by atoms with E-state index in [-0.39, 0.29) is 11.5 Å². The second-order valence-corrected chi connectivity index (χ2v) is 3.28. The van der Waals surface area contributed by atoms with Gasteiger partial charge >= 0.3 is 0 Å². The van der Waals surface area contributed by atoms with Crippen LogP contribution in [0.15, 0.2) is 4.79 Å². The molecule has 1 aromatic heterocycles. The van der Waals surface area contributed by atoms with E-state index in [2.05, 4.69) is 15.3 Å². The van der Waals surface area contributed by atoms with Crippen molar-refractivity contribution < 1.29 is 0 Å². The van der Waals surface area contributed by atoms with Crippen molar-refractivity contribution in [3.8, 4) is 6.19 Å². The van der Waals surface area contributed by atoms with E-state index in [1.54, 1.807) is 6.19 Å².